The van der Waals surface area contributed by atoms with E-state index in [-0.39, 0.29) is 24.2 Å². The predicted octanol–water partition coefficient (Wildman–Crippen LogP) is 3.15. The molecule has 0 spiro atoms. The first-order chi connectivity index (χ1) is 9.10. The van der Waals surface area contributed by atoms with Gasteiger partial charge in [0.05, 0.1) is 13.5 Å². The Balaban J connectivity index is 2.77. The summed E-state index contributed by atoms with van der Waals surface area (Å²) < 4.78 is 18.5. The monoisotopic (exact) mass is 285 g/mol. The van der Waals surface area contributed by atoms with Gasteiger partial charge in [0.25, 0.3) is 0 Å². The molecule has 3 nitrogen and oxygen atoms in total. The Bertz CT molecular complexity index is 426. The quantitative estimate of drug-likeness (QED) is 0.617. The molecule has 106 valence electrons. The van der Waals surface area contributed by atoms with E-state index in [4.69, 9.17) is 0 Å². The predicted molar refractivity (Wildman–Crippen MR) is 75.8 cm³/mol. The zero-order chi connectivity index (χ0) is 14.3. The zero-order valence-electron chi connectivity index (χ0n) is 11.5. The number of halogens is 1. The highest BCUT2D eigenvalue weighted by Crippen LogP contribution is 2.30. The van der Waals surface area contributed by atoms with Gasteiger partial charge in [-0.25, -0.2) is 4.39 Å². The maximum Gasteiger partial charge on any atom is 0.306 e. The van der Waals surface area contributed by atoms with Gasteiger partial charge in [-0.15, -0.1) is 11.8 Å². The number of thioether (sulfide) groups is 1. The normalized spacial score (nSPS) is 12.2. The molecule has 0 aliphatic heterocycles. The van der Waals surface area contributed by atoms with Gasteiger partial charge < -0.3 is 10.1 Å². The maximum atomic E-state index is 13.9. The lowest BCUT2D eigenvalue weighted by Crippen LogP contribution is -2.18. The number of esters is 1. The minimum Gasteiger partial charge on any atom is -0.469 e. The molecule has 19 heavy (non-hydrogen) atoms. The van der Waals surface area contributed by atoms with Gasteiger partial charge in [-0.1, -0.05) is 19.1 Å². The molecule has 0 saturated heterocycles. The highest BCUT2D eigenvalue weighted by molar-refractivity contribution is 7.99. The highest BCUT2D eigenvalue weighted by atomic mass is 32.2. The first kappa shape index (κ1) is 16.0. The number of methoxy groups -OCH3 is 1. The van der Waals surface area contributed by atoms with Crippen LogP contribution in [-0.2, 0) is 9.53 Å². The Morgan fingerprint density at radius 2 is 2.26 bits per heavy atom. The topological polar surface area (TPSA) is 38.3 Å². The molecule has 0 saturated carbocycles. The fraction of sp³-hybridized carbons (Fsp3) is 0.500. The van der Waals surface area contributed by atoms with Gasteiger partial charge in [-0.05, 0) is 25.1 Å². The molecule has 0 aromatic heterocycles. The Kier molecular flexibility index (Phi) is 6.87. The number of carbonyl (C=O) groups excluding carboxylic acids is 1. The number of ether oxygens (including phenoxy) is 1. The van der Waals surface area contributed by atoms with Crippen LogP contribution in [0.3, 0.4) is 0 Å². The van der Waals surface area contributed by atoms with Crippen LogP contribution in [0.1, 0.15) is 31.9 Å². The summed E-state index contributed by atoms with van der Waals surface area (Å²) in [7, 11) is 1.36. The molecule has 0 radical (unpaired) electrons. The molecule has 1 rings (SSSR count). The Morgan fingerprint density at radius 1 is 1.53 bits per heavy atom. The van der Waals surface area contributed by atoms with Crippen LogP contribution in [0.4, 0.5) is 4.39 Å². The van der Waals surface area contributed by atoms with Crippen molar-refractivity contribution in [2.24, 2.45) is 0 Å². The molecule has 0 bridgehead atoms. The second-order valence-electron chi connectivity index (χ2n) is 4.11. The van der Waals surface area contributed by atoms with Gasteiger partial charge >= 0.3 is 5.97 Å². The minimum absolute atomic E-state index is 0.0846. The average Bonchev–Trinajstić information content (AvgIpc) is 2.40. The van der Waals surface area contributed by atoms with Crippen molar-refractivity contribution in [3.8, 4) is 0 Å². The summed E-state index contributed by atoms with van der Waals surface area (Å²) in [5.74, 6) is 0.00153. The molecule has 1 aromatic rings. The van der Waals surface area contributed by atoms with Crippen molar-refractivity contribution in [1.82, 2.24) is 5.32 Å². The Morgan fingerprint density at radius 3 is 2.89 bits per heavy atom. The van der Waals surface area contributed by atoms with Crippen LogP contribution in [0.5, 0.6) is 0 Å². The van der Waals surface area contributed by atoms with Crippen molar-refractivity contribution >= 4 is 17.7 Å². The number of nitrogens with one attached hydrogen (secondary N) is 1. The first-order valence-electron chi connectivity index (χ1n) is 6.31. The molecule has 5 heteroatoms. The Hall–Kier alpha value is -1.07. The van der Waals surface area contributed by atoms with E-state index in [1.165, 1.54) is 24.9 Å². The van der Waals surface area contributed by atoms with Crippen molar-refractivity contribution in [3.05, 3.63) is 29.6 Å². The largest absolute Gasteiger partial charge is 0.469 e. The zero-order valence-corrected chi connectivity index (χ0v) is 12.3. The standard InChI is InChI=1S/C14H20FNO2S/c1-4-16-10(2)11-6-5-7-12(15)14(11)19-9-8-13(17)18-3/h5-7,10,16H,4,8-9H2,1-3H3. The van der Waals surface area contributed by atoms with Gasteiger partial charge in [0, 0.05) is 16.7 Å². The Labute approximate surface area is 117 Å². The molecule has 0 heterocycles. The summed E-state index contributed by atoms with van der Waals surface area (Å²) >= 11 is 1.36. The van der Waals surface area contributed by atoms with Crippen LogP contribution in [0, 0.1) is 5.82 Å². The fourth-order valence-corrected chi connectivity index (χ4v) is 2.86. The van der Waals surface area contributed by atoms with E-state index in [2.05, 4.69) is 10.1 Å². The average molecular weight is 285 g/mol. The molecular formula is C14H20FNO2S. The molecule has 1 N–H and O–H groups in total. The molecule has 0 amide bonds. The smallest absolute Gasteiger partial charge is 0.306 e. The van der Waals surface area contributed by atoms with Gasteiger partial charge in [-0.3, -0.25) is 4.79 Å². The maximum absolute atomic E-state index is 13.9. The van der Waals surface area contributed by atoms with Crippen LogP contribution >= 0.6 is 11.8 Å². The van der Waals surface area contributed by atoms with E-state index in [0.29, 0.717) is 10.6 Å². The van der Waals surface area contributed by atoms with Crippen LogP contribution < -0.4 is 5.32 Å². The molecule has 1 unspecified atom stereocenters. The highest BCUT2D eigenvalue weighted by Gasteiger charge is 2.14. The van der Waals surface area contributed by atoms with Crippen molar-refractivity contribution < 1.29 is 13.9 Å². The van der Waals surface area contributed by atoms with Gasteiger partial charge in [0.15, 0.2) is 0 Å². The fourth-order valence-electron chi connectivity index (χ4n) is 1.77. The number of hydrogen-bond acceptors (Lipinski definition) is 4. The third-order valence-corrected chi connectivity index (χ3v) is 3.88. The first-order valence-corrected chi connectivity index (χ1v) is 7.30. The van der Waals surface area contributed by atoms with Crippen LogP contribution in [-0.4, -0.2) is 25.4 Å². The molecule has 0 aliphatic carbocycles. The summed E-state index contributed by atoms with van der Waals surface area (Å²) in [6, 6.07) is 5.16. The summed E-state index contributed by atoms with van der Waals surface area (Å²) in [5, 5.41) is 3.27. The molecule has 0 fully saturated rings. The van der Waals surface area contributed by atoms with Gasteiger partial charge in [0.1, 0.15) is 5.82 Å². The van der Waals surface area contributed by atoms with E-state index in [9.17, 15) is 9.18 Å². The SMILES string of the molecule is CCNC(C)c1cccc(F)c1SCCC(=O)OC. The third kappa shape index (κ3) is 4.84. The van der Waals surface area contributed by atoms with Crippen molar-refractivity contribution in [1.29, 1.82) is 0 Å². The van der Waals surface area contributed by atoms with Crippen LogP contribution in [0.25, 0.3) is 0 Å². The summed E-state index contributed by atoms with van der Waals surface area (Å²) in [6.45, 7) is 4.84. The van der Waals surface area contributed by atoms with E-state index in [0.717, 1.165) is 12.1 Å². The van der Waals surface area contributed by atoms with Gasteiger partial charge in [0.2, 0.25) is 0 Å². The second-order valence-corrected chi connectivity index (χ2v) is 5.22. The third-order valence-electron chi connectivity index (χ3n) is 2.75. The molecule has 0 aliphatic rings. The molecule has 1 atom stereocenters. The van der Waals surface area contributed by atoms with Crippen molar-refractivity contribution in [2.45, 2.75) is 31.2 Å². The number of hydrogen-bond donors (Lipinski definition) is 1. The van der Waals surface area contributed by atoms with E-state index in [1.807, 2.05) is 19.9 Å². The lowest BCUT2D eigenvalue weighted by molar-refractivity contribution is -0.140. The van der Waals surface area contributed by atoms with E-state index in [1.54, 1.807) is 6.07 Å². The molecular weight excluding hydrogens is 265 g/mol. The summed E-state index contributed by atoms with van der Waals surface area (Å²) in [4.78, 5) is 11.7. The second kappa shape index (κ2) is 8.17. The minimum atomic E-state index is -0.273. The van der Waals surface area contributed by atoms with Crippen molar-refractivity contribution in [2.75, 3.05) is 19.4 Å². The van der Waals surface area contributed by atoms with E-state index < -0.39 is 0 Å². The van der Waals surface area contributed by atoms with Crippen LogP contribution in [0.2, 0.25) is 0 Å². The van der Waals surface area contributed by atoms with E-state index >= 15 is 0 Å². The van der Waals surface area contributed by atoms with Crippen molar-refractivity contribution in [3.63, 3.8) is 0 Å². The number of benzene rings is 1. The van der Waals surface area contributed by atoms with Crippen LogP contribution in [0.15, 0.2) is 23.1 Å². The lowest BCUT2D eigenvalue weighted by atomic mass is 10.1. The number of carbonyl (C=O) groups is 1. The summed E-state index contributed by atoms with van der Waals surface area (Å²) in [5.41, 5.74) is 0.928. The summed E-state index contributed by atoms with van der Waals surface area (Å²) in [6.07, 6.45) is 0.282. The molecule has 1 aromatic carbocycles. The van der Waals surface area contributed by atoms with Gasteiger partial charge in [-0.2, -0.15) is 0 Å². The lowest BCUT2D eigenvalue weighted by Gasteiger charge is -2.17. The number of rotatable bonds is 7.